The van der Waals surface area contributed by atoms with Crippen molar-refractivity contribution < 1.29 is 5.11 Å². The Morgan fingerprint density at radius 3 is 2.12 bits per heavy atom. The van der Waals surface area contributed by atoms with Crippen LogP contribution in [0.1, 0.15) is 90.9 Å². The van der Waals surface area contributed by atoms with E-state index < -0.39 is 0 Å². The first-order valence-corrected chi connectivity index (χ1v) is 16.4. The van der Waals surface area contributed by atoms with Gasteiger partial charge in [-0.1, -0.05) is 126 Å². The zero-order chi connectivity index (χ0) is 24.4. The molecule has 0 saturated heterocycles. The lowest BCUT2D eigenvalue weighted by molar-refractivity contribution is 0.225. The van der Waals surface area contributed by atoms with Gasteiger partial charge in [-0.25, -0.2) is 4.98 Å². The molecule has 0 spiro atoms. The van der Waals surface area contributed by atoms with E-state index in [-0.39, 0.29) is 6.10 Å². The molecular formula is C27H44N2OS4. The zero-order valence-corrected chi connectivity index (χ0v) is 24.4. The molecular weight excluding hydrogens is 497 g/mol. The average molecular weight is 541 g/mol. The first kappa shape index (κ1) is 29.9. The topological polar surface area (TPSA) is 36.4 Å². The molecule has 1 atom stereocenters. The molecule has 0 unspecified atom stereocenters. The lowest BCUT2D eigenvalue weighted by Crippen LogP contribution is -2.31. The molecule has 0 aliphatic carbocycles. The fraction of sp³-hybridized carbons (Fsp3) is 0.704. The van der Waals surface area contributed by atoms with Gasteiger partial charge < -0.3 is 10.0 Å². The van der Waals surface area contributed by atoms with Gasteiger partial charge in [0.2, 0.25) is 0 Å². The quantitative estimate of drug-likeness (QED) is 0.109. The second-order valence-corrected chi connectivity index (χ2v) is 13.0. The molecule has 1 N–H and O–H groups in total. The van der Waals surface area contributed by atoms with E-state index in [2.05, 4.69) is 29.8 Å². The zero-order valence-electron chi connectivity index (χ0n) is 21.2. The van der Waals surface area contributed by atoms with E-state index in [4.69, 9.17) is 12.2 Å². The molecule has 0 radical (unpaired) electrons. The minimum absolute atomic E-state index is 0.384. The van der Waals surface area contributed by atoms with Crippen LogP contribution in [0, 0.1) is 0 Å². The summed E-state index contributed by atoms with van der Waals surface area (Å²) >= 11 is 10.8. The maximum Gasteiger partial charge on any atom is 0.151 e. The second kappa shape index (κ2) is 18.9. The number of unbranched alkanes of at least 4 members (excludes halogenated alkanes) is 10. The molecule has 0 saturated carbocycles. The summed E-state index contributed by atoms with van der Waals surface area (Å²) in [5.41, 5.74) is 1.04. The number of aliphatic hydroxyl groups is 1. The number of aromatic nitrogens is 1. The fourth-order valence-corrected chi connectivity index (χ4v) is 7.22. The third-order valence-corrected chi connectivity index (χ3v) is 9.89. The number of hydrogen-bond acceptors (Lipinski definition) is 6. The second-order valence-electron chi connectivity index (χ2n) is 9.01. The number of thioether (sulfide) groups is 2. The Hall–Kier alpha value is -0.340. The van der Waals surface area contributed by atoms with Crippen molar-refractivity contribution in [1.82, 2.24) is 9.88 Å². The summed E-state index contributed by atoms with van der Waals surface area (Å²) in [6.07, 6.45) is 15.3. The van der Waals surface area contributed by atoms with Crippen LogP contribution in [0.15, 0.2) is 28.6 Å². The van der Waals surface area contributed by atoms with Crippen molar-refractivity contribution in [3.05, 3.63) is 24.3 Å². The monoisotopic (exact) mass is 540 g/mol. The van der Waals surface area contributed by atoms with E-state index in [0.29, 0.717) is 11.5 Å². The summed E-state index contributed by atoms with van der Waals surface area (Å²) in [5, 5.41) is 10.6. The lowest BCUT2D eigenvalue weighted by Gasteiger charge is -2.25. The third kappa shape index (κ3) is 12.6. The van der Waals surface area contributed by atoms with Gasteiger partial charge in [0.1, 0.15) is 4.32 Å². The highest BCUT2D eigenvalue weighted by molar-refractivity contribution is 8.22. The van der Waals surface area contributed by atoms with Crippen LogP contribution in [-0.4, -0.2) is 50.0 Å². The van der Waals surface area contributed by atoms with Gasteiger partial charge in [-0.15, -0.1) is 11.3 Å². The molecule has 0 aliphatic rings. The number of aliphatic hydroxyl groups excluding tert-OH is 1. The van der Waals surface area contributed by atoms with Crippen LogP contribution in [0.5, 0.6) is 0 Å². The van der Waals surface area contributed by atoms with E-state index in [1.54, 1.807) is 34.9 Å². The Kier molecular flexibility index (Phi) is 16.6. The van der Waals surface area contributed by atoms with Gasteiger partial charge in [-0.05, 0) is 25.0 Å². The Bertz CT molecular complexity index is 749. The Labute approximate surface area is 225 Å². The molecule has 7 heteroatoms. The third-order valence-electron chi connectivity index (χ3n) is 5.89. The first-order chi connectivity index (χ1) is 16.6. The van der Waals surface area contributed by atoms with Crippen LogP contribution in [-0.2, 0) is 0 Å². The fourth-order valence-electron chi connectivity index (χ4n) is 3.85. The lowest BCUT2D eigenvalue weighted by atomic mass is 10.1. The molecule has 3 nitrogen and oxygen atoms in total. The van der Waals surface area contributed by atoms with Crippen LogP contribution in [0.2, 0.25) is 0 Å². The predicted octanol–water partition coefficient (Wildman–Crippen LogP) is 8.79. The minimum atomic E-state index is -0.384. The van der Waals surface area contributed by atoms with Crippen LogP contribution >= 0.6 is 47.1 Å². The smallest absolute Gasteiger partial charge is 0.151 e. The molecule has 0 fully saturated rings. The van der Waals surface area contributed by atoms with Gasteiger partial charge in [-0.3, -0.25) is 0 Å². The van der Waals surface area contributed by atoms with Crippen molar-refractivity contribution in [2.45, 2.75) is 101 Å². The number of nitrogens with zero attached hydrogens (tertiary/aromatic N) is 2. The number of thiocarbonyl (C=S) groups is 1. The molecule has 0 amide bonds. The Balaban J connectivity index is 1.71. The highest BCUT2D eigenvalue weighted by Gasteiger charge is 2.14. The van der Waals surface area contributed by atoms with Gasteiger partial charge >= 0.3 is 0 Å². The van der Waals surface area contributed by atoms with Crippen LogP contribution in [0.4, 0.5) is 0 Å². The number of benzene rings is 1. The molecule has 1 aromatic heterocycles. The molecule has 2 aromatic rings. The molecule has 192 valence electrons. The van der Waals surface area contributed by atoms with Crippen LogP contribution in [0.25, 0.3) is 10.2 Å². The van der Waals surface area contributed by atoms with Gasteiger partial charge in [-0.2, -0.15) is 0 Å². The van der Waals surface area contributed by atoms with Gasteiger partial charge in [0.15, 0.2) is 4.34 Å². The van der Waals surface area contributed by atoms with Crippen molar-refractivity contribution in [3.8, 4) is 0 Å². The summed E-state index contributed by atoms with van der Waals surface area (Å²) in [4.78, 5) is 7.07. The molecule has 34 heavy (non-hydrogen) atoms. The SMILES string of the molecule is CCCCCCCCN(CCCCCCCC)C(=S)SC[C@@H](O)CSc1nc2ccccc2s1. The van der Waals surface area contributed by atoms with Crippen molar-refractivity contribution in [3.63, 3.8) is 0 Å². The minimum Gasteiger partial charge on any atom is -0.391 e. The number of fused-ring (bicyclic) bond motifs is 1. The van der Waals surface area contributed by atoms with Crippen molar-refractivity contribution >= 4 is 61.6 Å². The summed E-state index contributed by atoms with van der Waals surface area (Å²) in [6.45, 7) is 6.65. The maximum atomic E-state index is 10.6. The average Bonchev–Trinajstić information content (AvgIpc) is 3.27. The van der Waals surface area contributed by atoms with E-state index in [9.17, 15) is 5.11 Å². The molecule has 1 heterocycles. The van der Waals surface area contributed by atoms with Crippen LogP contribution in [0.3, 0.4) is 0 Å². The standard InChI is InChI=1S/C27H44N2OS4/c1-3-5-7-9-11-15-19-29(20-16-12-10-8-6-4-2)27(31)33-22-23(30)21-32-26-28-24-17-13-14-18-25(24)34-26/h13-14,17-18,23,30H,3-12,15-16,19-22H2,1-2H3/t23-/m0/s1. The summed E-state index contributed by atoms with van der Waals surface area (Å²) in [6, 6.07) is 8.21. The molecule has 0 aliphatic heterocycles. The van der Waals surface area contributed by atoms with Crippen LogP contribution < -0.4 is 0 Å². The summed E-state index contributed by atoms with van der Waals surface area (Å²) in [5.74, 6) is 1.31. The van der Waals surface area contributed by atoms with Gasteiger partial charge in [0, 0.05) is 24.6 Å². The van der Waals surface area contributed by atoms with Crippen molar-refractivity contribution in [2.75, 3.05) is 24.6 Å². The normalized spacial score (nSPS) is 12.3. The highest BCUT2D eigenvalue weighted by Crippen LogP contribution is 2.30. The number of rotatable bonds is 19. The van der Waals surface area contributed by atoms with E-state index in [0.717, 1.165) is 27.3 Å². The maximum absolute atomic E-state index is 10.6. The highest BCUT2D eigenvalue weighted by atomic mass is 32.2. The number of para-hydroxylation sites is 1. The predicted molar refractivity (Wildman–Crippen MR) is 160 cm³/mol. The van der Waals surface area contributed by atoms with Gasteiger partial charge in [0.05, 0.1) is 16.3 Å². The first-order valence-electron chi connectivity index (χ1n) is 13.2. The number of hydrogen-bond donors (Lipinski definition) is 1. The van der Waals surface area contributed by atoms with Crippen molar-refractivity contribution in [2.24, 2.45) is 0 Å². The number of thiazole rings is 1. The van der Waals surface area contributed by atoms with E-state index >= 15 is 0 Å². The van der Waals surface area contributed by atoms with Gasteiger partial charge in [0.25, 0.3) is 0 Å². The molecule has 2 rings (SSSR count). The molecule has 1 aromatic carbocycles. The molecule has 0 bridgehead atoms. The summed E-state index contributed by atoms with van der Waals surface area (Å²) in [7, 11) is 0. The van der Waals surface area contributed by atoms with E-state index in [1.807, 2.05) is 18.2 Å². The Morgan fingerprint density at radius 2 is 1.50 bits per heavy atom. The summed E-state index contributed by atoms with van der Waals surface area (Å²) < 4.78 is 3.20. The largest absolute Gasteiger partial charge is 0.391 e. The van der Waals surface area contributed by atoms with E-state index in [1.165, 1.54) is 81.7 Å². The van der Waals surface area contributed by atoms with Crippen molar-refractivity contribution in [1.29, 1.82) is 0 Å². The Morgan fingerprint density at radius 1 is 0.912 bits per heavy atom.